The molecule has 5 heteroatoms. The molecule has 1 aromatic carbocycles. The van der Waals surface area contributed by atoms with Crippen LogP contribution in [0, 0.1) is 0 Å². The minimum absolute atomic E-state index is 0. The van der Waals surface area contributed by atoms with E-state index in [2.05, 4.69) is 12.2 Å². The molecule has 0 unspecified atom stereocenters. The van der Waals surface area contributed by atoms with Crippen molar-refractivity contribution in [2.24, 2.45) is 0 Å². The van der Waals surface area contributed by atoms with Gasteiger partial charge >= 0.3 is 5.97 Å². The fraction of sp³-hybridized carbons (Fsp3) is 0.417. The van der Waals surface area contributed by atoms with Gasteiger partial charge in [-0.25, -0.2) is 4.79 Å². The quantitative estimate of drug-likeness (QED) is 0.737. The van der Waals surface area contributed by atoms with Crippen LogP contribution in [0.15, 0.2) is 24.3 Å². The van der Waals surface area contributed by atoms with Crippen molar-refractivity contribution in [3.8, 4) is 5.75 Å². The van der Waals surface area contributed by atoms with Crippen LogP contribution in [0.1, 0.15) is 23.7 Å². The highest BCUT2D eigenvalue weighted by atomic mass is 35.5. The van der Waals surface area contributed by atoms with Gasteiger partial charge in [0.05, 0.1) is 5.56 Å². The molecule has 0 heterocycles. The number of carbonyl (C=O) groups is 1. The summed E-state index contributed by atoms with van der Waals surface area (Å²) >= 11 is 0. The number of carboxylic acid groups (broad SMARTS) is 1. The van der Waals surface area contributed by atoms with Gasteiger partial charge in [-0.05, 0) is 37.2 Å². The number of ether oxygens (including phenoxy) is 1. The van der Waals surface area contributed by atoms with E-state index in [1.807, 2.05) is 0 Å². The van der Waals surface area contributed by atoms with Crippen LogP contribution in [0.5, 0.6) is 5.75 Å². The van der Waals surface area contributed by atoms with Gasteiger partial charge in [0, 0.05) is 6.54 Å². The Balaban J connectivity index is 0.00000256. The van der Waals surface area contributed by atoms with Gasteiger partial charge in [-0.3, -0.25) is 0 Å². The number of aromatic carboxylic acids is 1. The molecule has 0 amide bonds. The minimum atomic E-state index is -0.920. The van der Waals surface area contributed by atoms with Crippen LogP contribution in [0.3, 0.4) is 0 Å². The second kappa shape index (κ2) is 8.84. The monoisotopic (exact) mass is 259 g/mol. The van der Waals surface area contributed by atoms with Gasteiger partial charge in [-0.2, -0.15) is 0 Å². The average Bonchev–Trinajstić information content (AvgIpc) is 2.29. The number of nitrogens with one attached hydrogen (secondary N) is 1. The lowest BCUT2D eigenvalue weighted by Crippen LogP contribution is -2.21. The Kier molecular flexibility index (Phi) is 8.19. The van der Waals surface area contributed by atoms with E-state index in [0.717, 1.165) is 19.5 Å². The molecule has 0 aromatic heterocycles. The summed E-state index contributed by atoms with van der Waals surface area (Å²) in [4.78, 5) is 10.6. The van der Waals surface area contributed by atoms with Gasteiger partial charge < -0.3 is 15.2 Å². The Morgan fingerprint density at radius 3 is 2.47 bits per heavy atom. The third-order valence-electron chi connectivity index (χ3n) is 2.08. The van der Waals surface area contributed by atoms with Crippen molar-refractivity contribution in [1.29, 1.82) is 0 Å². The summed E-state index contributed by atoms with van der Waals surface area (Å²) < 4.78 is 5.43. The van der Waals surface area contributed by atoms with Crippen molar-refractivity contribution in [1.82, 2.24) is 5.32 Å². The van der Waals surface area contributed by atoms with E-state index in [4.69, 9.17) is 9.84 Å². The molecule has 1 aromatic rings. The lowest BCUT2D eigenvalue weighted by molar-refractivity contribution is 0.0697. The van der Waals surface area contributed by atoms with Gasteiger partial charge in [0.1, 0.15) is 12.4 Å². The van der Waals surface area contributed by atoms with Crippen molar-refractivity contribution < 1.29 is 14.6 Å². The van der Waals surface area contributed by atoms with Crippen molar-refractivity contribution >= 4 is 18.4 Å². The summed E-state index contributed by atoms with van der Waals surface area (Å²) in [5.74, 6) is -0.223. The lowest BCUT2D eigenvalue weighted by atomic mass is 10.2. The molecule has 0 aliphatic heterocycles. The number of hydrogen-bond acceptors (Lipinski definition) is 3. The Morgan fingerprint density at radius 2 is 1.94 bits per heavy atom. The summed E-state index contributed by atoms with van der Waals surface area (Å²) in [5.41, 5.74) is 0.274. The highest BCUT2D eigenvalue weighted by molar-refractivity contribution is 5.87. The summed E-state index contributed by atoms with van der Waals surface area (Å²) in [6.45, 7) is 4.49. The third kappa shape index (κ3) is 6.14. The Labute approximate surface area is 107 Å². The molecule has 0 radical (unpaired) electrons. The van der Waals surface area contributed by atoms with E-state index in [0.29, 0.717) is 12.4 Å². The van der Waals surface area contributed by atoms with Gasteiger partial charge in [0.2, 0.25) is 0 Å². The smallest absolute Gasteiger partial charge is 0.335 e. The predicted octanol–water partition coefficient (Wildman–Crippen LogP) is 2.19. The second-order valence-electron chi connectivity index (χ2n) is 3.43. The molecule has 96 valence electrons. The Hall–Kier alpha value is -1.26. The first kappa shape index (κ1) is 15.7. The second-order valence-corrected chi connectivity index (χ2v) is 3.43. The van der Waals surface area contributed by atoms with Crippen LogP contribution >= 0.6 is 12.4 Å². The maximum absolute atomic E-state index is 10.6. The summed E-state index contributed by atoms with van der Waals surface area (Å²) in [5, 5.41) is 11.9. The topological polar surface area (TPSA) is 58.6 Å². The van der Waals surface area contributed by atoms with Crippen LogP contribution in [0.4, 0.5) is 0 Å². The standard InChI is InChI=1S/C12H17NO3.ClH/c1-2-7-13-8-9-16-11-5-3-10(4-6-11)12(14)15;/h3-6,13H,2,7-9H2,1H3,(H,14,15);1H. The summed E-state index contributed by atoms with van der Waals surface area (Å²) in [7, 11) is 0. The highest BCUT2D eigenvalue weighted by Crippen LogP contribution is 2.11. The molecule has 0 spiro atoms. The molecule has 17 heavy (non-hydrogen) atoms. The lowest BCUT2D eigenvalue weighted by Gasteiger charge is -2.06. The number of benzene rings is 1. The third-order valence-corrected chi connectivity index (χ3v) is 2.08. The maximum atomic E-state index is 10.6. The van der Waals surface area contributed by atoms with E-state index in [9.17, 15) is 4.79 Å². The number of carboxylic acids is 1. The number of hydrogen-bond donors (Lipinski definition) is 2. The average molecular weight is 260 g/mol. The van der Waals surface area contributed by atoms with Crippen LogP contribution in [0.2, 0.25) is 0 Å². The van der Waals surface area contributed by atoms with Crippen LogP contribution < -0.4 is 10.1 Å². The van der Waals surface area contributed by atoms with Crippen molar-refractivity contribution in [3.05, 3.63) is 29.8 Å². The predicted molar refractivity (Wildman–Crippen MR) is 69.3 cm³/mol. The molecule has 0 saturated heterocycles. The summed E-state index contributed by atoms with van der Waals surface area (Å²) in [6, 6.07) is 6.42. The zero-order valence-corrected chi connectivity index (χ0v) is 10.6. The van der Waals surface area contributed by atoms with E-state index in [1.165, 1.54) is 12.1 Å². The van der Waals surface area contributed by atoms with Gasteiger partial charge in [-0.15, -0.1) is 12.4 Å². The molecule has 0 aliphatic rings. The minimum Gasteiger partial charge on any atom is -0.492 e. The first-order valence-electron chi connectivity index (χ1n) is 5.41. The molecule has 0 atom stereocenters. The number of rotatable bonds is 7. The SMILES string of the molecule is CCCNCCOc1ccc(C(=O)O)cc1.Cl. The maximum Gasteiger partial charge on any atom is 0.335 e. The van der Waals surface area contributed by atoms with Crippen molar-refractivity contribution in [2.75, 3.05) is 19.7 Å². The summed E-state index contributed by atoms with van der Waals surface area (Å²) in [6.07, 6.45) is 1.10. The van der Waals surface area contributed by atoms with Crippen molar-refractivity contribution in [3.63, 3.8) is 0 Å². The van der Waals surface area contributed by atoms with Crippen molar-refractivity contribution in [2.45, 2.75) is 13.3 Å². The van der Waals surface area contributed by atoms with Crippen LogP contribution in [-0.2, 0) is 0 Å². The fourth-order valence-electron chi connectivity index (χ4n) is 1.24. The zero-order chi connectivity index (χ0) is 11.8. The molecule has 1 rings (SSSR count). The normalized spacial score (nSPS) is 9.47. The highest BCUT2D eigenvalue weighted by Gasteiger charge is 2.01. The van der Waals surface area contributed by atoms with E-state index in [1.54, 1.807) is 12.1 Å². The molecule has 0 aliphatic carbocycles. The number of halogens is 1. The molecular formula is C12H18ClNO3. The molecule has 0 fully saturated rings. The Bertz CT molecular complexity index is 327. The van der Waals surface area contributed by atoms with Gasteiger partial charge in [-0.1, -0.05) is 6.92 Å². The Morgan fingerprint density at radius 1 is 1.29 bits per heavy atom. The molecule has 0 bridgehead atoms. The first-order valence-corrected chi connectivity index (χ1v) is 5.41. The molecular weight excluding hydrogens is 242 g/mol. The van der Waals surface area contributed by atoms with E-state index in [-0.39, 0.29) is 18.0 Å². The largest absolute Gasteiger partial charge is 0.492 e. The van der Waals surface area contributed by atoms with E-state index >= 15 is 0 Å². The van der Waals surface area contributed by atoms with Gasteiger partial charge in [0.15, 0.2) is 0 Å². The molecule has 2 N–H and O–H groups in total. The van der Waals surface area contributed by atoms with Gasteiger partial charge in [0.25, 0.3) is 0 Å². The first-order chi connectivity index (χ1) is 7.74. The molecule has 0 saturated carbocycles. The zero-order valence-electron chi connectivity index (χ0n) is 9.81. The van der Waals surface area contributed by atoms with Crippen LogP contribution in [0.25, 0.3) is 0 Å². The molecule has 4 nitrogen and oxygen atoms in total. The van der Waals surface area contributed by atoms with Crippen LogP contribution in [-0.4, -0.2) is 30.8 Å². The van der Waals surface area contributed by atoms with E-state index < -0.39 is 5.97 Å². The fourth-order valence-corrected chi connectivity index (χ4v) is 1.24.